The second kappa shape index (κ2) is 6.77. The summed E-state index contributed by atoms with van der Waals surface area (Å²) >= 11 is 0. The molecule has 1 aromatic carbocycles. The van der Waals surface area contributed by atoms with Gasteiger partial charge < -0.3 is 10.1 Å². The summed E-state index contributed by atoms with van der Waals surface area (Å²) < 4.78 is 18.6. The Kier molecular flexibility index (Phi) is 4.55. The first-order chi connectivity index (χ1) is 11.2. The molecule has 1 saturated carbocycles. The zero-order valence-corrected chi connectivity index (χ0v) is 13.0. The molecule has 1 aliphatic carbocycles. The number of hydrogen-bond acceptors (Lipinski definition) is 3. The van der Waals surface area contributed by atoms with Crippen molar-refractivity contribution in [3.05, 3.63) is 42.3 Å². The van der Waals surface area contributed by atoms with Gasteiger partial charge >= 0.3 is 0 Å². The van der Waals surface area contributed by atoms with E-state index in [4.69, 9.17) is 4.74 Å². The SMILES string of the molecule is COc1cc(F)ccc1-c1ccnc(NC(=O)C2CCCC2)c1. The lowest BCUT2D eigenvalue weighted by Gasteiger charge is -2.12. The van der Waals surface area contributed by atoms with Gasteiger partial charge in [0.25, 0.3) is 0 Å². The highest BCUT2D eigenvalue weighted by atomic mass is 19.1. The Morgan fingerprint density at radius 1 is 1.26 bits per heavy atom. The largest absolute Gasteiger partial charge is 0.496 e. The van der Waals surface area contributed by atoms with Crippen LogP contribution in [0, 0.1) is 11.7 Å². The van der Waals surface area contributed by atoms with Crippen LogP contribution in [0.25, 0.3) is 11.1 Å². The number of ether oxygens (including phenoxy) is 1. The molecule has 1 heterocycles. The highest BCUT2D eigenvalue weighted by Gasteiger charge is 2.23. The minimum absolute atomic E-state index is 0.0261. The Labute approximate surface area is 134 Å². The molecule has 23 heavy (non-hydrogen) atoms. The predicted octanol–water partition coefficient (Wildman–Crippen LogP) is 4.03. The fraction of sp³-hybridized carbons (Fsp3) is 0.333. The normalized spacial score (nSPS) is 14.7. The monoisotopic (exact) mass is 314 g/mol. The van der Waals surface area contributed by atoms with Crippen LogP contribution in [-0.2, 0) is 4.79 Å². The molecular formula is C18H19FN2O2. The minimum Gasteiger partial charge on any atom is -0.496 e. The van der Waals surface area contributed by atoms with Gasteiger partial charge in [-0.2, -0.15) is 0 Å². The van der Waals surface area contributed by atoms with Crippen molar-refractivity contribution in [1.29, 1.82) is 0 Å². The predicted molar refractivity (Wildman–Crippen MR) is 86.8 cm³/mol. The van der Waals surface area contributed by atoms with Crippen molar-refractivity contribution in [1.82, 2.24) is 4.98 Å². The van der Waals surface area contributed by atoms with Crippen LogP contribution in [-0.4, -0.2) is 18.0 Å². The van der Waals surface area contributed by atoms with E-state index in [0.29, 0.717) is 11.6 Å². The molecule has 1 aromatic heterocycles. The number of benzene rings is 1. The van der Waals surface area contributed by atoms with Crippen LogP contribution in [0.5, 0.6) is 5.75 Å². The molecule has 0 radical (unpaired) electrons. The number of methoxy groups -OCH3 is 1. The van der Waals surface area contributed by atoms with Crippen LogP contribution < -0.4 is 10.1 Å². The van der Waals surface area contributed by atoms with E-state index in [-0.39, 0.29) is 17.6 Å². The van der Waals surface area contributed by atoms with Gasteiger partial charge in [0.2, 0.25) is 5.91 Å². The van der Waals surface area contributed by atoms with E-state index >= 15 is 0 Å². The summed E-state index contributed by atoms with van der Waals surface area (Å²) in [5.74, 6) is 0.712. The van der Waals surface area contributed by atoms with Crippen LogP contribution in [0.3, 0.4) is 0 Å². The smallest absolute Gasteiger partial charge is 0.228 e. The van der Waals surface area contributed by atoms with Crippen molar-refractivity contribution in [2.24, 2.45) is 5.92 Å². The lowest BCUT2D eigenvalue weighted by atomic mass is 10.1. The molecular weight excluding hydrogens is 295 g/mol. The van der Waals surface area contributed by atoms with Gasteiger partial charge in [0.15, 0.2) is 0 Å². The van der Waals surface area contributed by atoms with E-state index in [1.807, 2.05) is 0 Å². The lowest BCUT2D eigenvalue weighted by Crippen LogP contribution is -2.20. The molecule has 1 fully saturated rings. The maximum atomic E-state index is 13.3. The molecule has 0 spiro atoms. The number of pyridine rings is 1. The first kappa shape index (κ1) is 15.5. The molecule has 1 N–H and O–H groups in total. The average molecular weight is 314 g/mol. The molecule has 4 nitrogen and oxygen atoms in total. The zero-order valence-electron chi connectivity index (χ0n) is 13.0. The third-order valence-corrected chi connectivity index (χ3v) is 4.21. The van der Waals surface area contributed by atoms with E-state index in [2.05, 4.69) is 10.3 Å². The maximum Gasteiger partial charge on any atom is 0.228 e. The number of carbonyl (C=O) groups is 1. The highest BCUT2D eigenvalue weighted by Crippen LogP contribution is 2.32. The van der Waals surface area contributed by atoms with Gasteiger partial charge in [0, 0.05) is 23.7 Å². The summed E-state index contributed by atoms with van der Waals surface area (Å²) in [6, 6.07) is 7.97. The summed E-state index contributed by atoms with van der Waals surface area (Å²) in [6.07, 6.45) is 5.73. The number of hydrogen-bond donors (Lipinski definition) is 1. The molecule has 5 heteroatoms. The second-order valence-corrected chi connectivity index (χ2v) is 5.74. The van der Waals surface area contributed by atoms with E-state index in [9.17, 15) is 9.18 Å². The first-order valence-corrected chi connectivity index (χ1v) is 7.78. The third-order valence-electron chi connectivity index (χ3n) is 4.21. The van der Waals surface area contributed by atoms with Gasteiger partial charge in [-0.3, -0.25) is 4.79 Å². The Balaban J connectivity index is 1.83. The van der Waals surface area contributed by atoms with E-state index < -0.39 is 0 Å². The van der Waals surface area contributed by atoms with Crippen molar-refractivity contribution in [2.45, 2.75) is 25.7 Å². The van der Waals surface area contributed by atoms with E-state index in [1.54, 1.807) is 24.4 Å². The number of anilines is 1. The van der Waals surface area contributed by atoms with Crippen molar-refractivity contribution >= 4 is 11.7 Å². The van der Waals surface area contributed by atoms with Gasteiger partial charge in [0.05, 0.1) is 7.11 Å². The number of nitrogens with zero attached hydrogens (tertiary/aromatic N) is 1. The van der Waals surface area contributed by atoms with E-state index in [0.717, 1.165) is 36.8 Å². The lowest BCUT2D eigenvalue weighted by molar-refractivity contribution is -0.119. The number of halogens is 1. The summed E-state index contributed by atoms with van der Waals surface area (Å²) in [6.45, 7) is 0. The topological polar surface area (TPSA) is 51.2 Å². The van der Waals surface area contributed by atoms with Gasteiger partial charge in [0.1, 0.15) is 17.4 Å². The van der Waals surface area contributed by atoms with Gasteiger partial charge in [-0.15, -0.1) is 0 Å². The van der Waals surface area contributed by atoms with Crippen LogP contribution in [0.1, 0.15) is 25.7 Å². The van der Waals surface area contributed by atoms with Gasteiger partial charge in [-0.05, 0) is 42.7 Å². The van der Waals surface area contributed by atoms with Crippen LogP contribution >= 0.6 is 0 Å². The first-order valence-electron chi connectivity index (χ1n) is 7.78. The Morgan fingerprint density at radius 2 is 2.04 bits per heavy atom. The van der Waals surface area contributed by atoms with Gasteiger partial charge in [-0.25, -0.2) is 9.37 Å². The fourth-order valence-electron chi connectivity index (χ4n) is 2.99. The van der Waals surface area contributed by atoms with Crippen molar-refractivity contribution in [2.75, 3.05) is 12.4 Å². The molecule has 0 saturated heterocycles. The molecule has 0 atom stereocenters. The number of carbonyl (C=O) groups excluding carboxylic acids is 1. The molecule has 0 aliphatic heterocycles. The summed E-state index contributed by atoms with van der Waals surface area (Å²) in [4.78, 5) is 16.4. The number of nitrogens with one attached hydrogen (secondary N) is 1. The molecule has 120 valence electrons. The maximum absolute atomic E-state index is 13.3. The molecule has 2 aromatic rings. The number of amides is 1. The fourth-order valence-corrected chi connectivity index (χ4v) is 2.99. The van der Waals surface area contributed by atoms with E-state index in [1.165, 1.54) is 19.2 Å². The third kappa shape index (κ3) is 3.50. The Bertz CT molecular complexity index is 712. The standard InChI is InChI=1S/C18H19FN2O2/c1-23-16-11-14(19)6-7-15(16)13-8-9-20-17(10-13)21-18(22)12-4-2-3-5-12/h6-12H,2-5H2,1H3,(H,20,21,22). The second-order valence-electron chi connectivity index (χ2n) is 5.74. The molecule has 1 amide bonds. The van der Waals surface area contributed by atoms with Crippen molar-refractivity contribution in [3.63, 3.8) is 0 Å². The Hall–Kier alpha value is -2.43. The minimum atomic E-state index is -0.352. The molecule has 1 aliphatic rings. The summed E-state index contributed by atoms with van der Waals surface area (Å²) in [7, 11) is 1.50. The average Bonchev–Trinajstić information content (AvgIpc) is 3.09. The molecule has 3 rings (SSSR count). The van der Waals surface area contributed by atoms with Crippen LogP contribution in [0.15, 0.2) is 36.5 Å². The van der Waals surface area contributed by atoms with Crippen molar-refractivity contribution < 1.29 is 13.9 Å². The molecule has 0 unspecified atom stereocenters. The van der Waals surface area contributed by atoms with Crippen LogP contribution in [0.2, 0.25) is 0 Å². The zero-order chi connectivity index (χ0) is 16.2. The van der Waals surface area contributed by atoms with Crippen LogP contribution in [0.4, 0.5) is 10.2 Å². The number of rotatable bonds is 4. The van der Waals surface area contributed by atoms with Crippen molar-refractivity contribution in [3.8, 4) is 16.9 Å². The Morgan fingerprint density at radius 3 is 2.78 bits per heavy atom. The summed E-state index contributed by atoms with van der Waals surface area (Å²) in [5.41, 5.74) is 1.58. The number of aromatic nitrogens is 1. The highest BCUT2D eigenvalue weighted by molar-refractivity contribution is 5.92. The quantitative estimate of drug-likeness (QED) is 0.927. The van der Waals surface area contributed by atoms with Gasteiger partial charge in [-0.1, -0.05) is 12.8 Å². The summed E-state index contributed by atoms with van der Waals surface area (Å²) in [5, 5.41) is 2.88. The molecule has 0 bridgehead atoms.